The van der Waals surface area contributed by atoms with Gasteiger partial charge in [-0.1, -0.05) is 19.3 Å². The SMILES string of the molecule is C[C@H](CO)NC(C1CCCCC1)C1CC1. The van der Waals surface area contributed by atoms with E-state index in [9.17, 15) is 0 Å². The highest BCUT2D eigenvalue weighted by Crippen LogP contribution is 2.40. The molecule has 0 radical (unpaired) electrons. The van der Waals surface area contributed by atoms with Crippen LogP contribution >= 0.6 is 0 Å². The molecule has 0 amide bonds. The monoisotopic (exact) mass is 211 g/mol. The molecule has 0 aromatic carbocycles. The van der Waals surface area contributed by atoms with Gasteiger partial charge in [0.05, 0.1) is 6.61 Å². The zero-order chi connectivity index (χ0) is 10.7. The summed E-state index contributed by atoms with van der Waals surface area (Å²) >= 11 is 0. The molecule has 0 aliphatic heterocycles. The third-order valence-corrected chi connectivity index (χ3v) is 4.04. The zero-order valence-corrected chi connectivity index (χ0v) is 9.91. The van der Waals surface area contributed by atoms with Gasteiger partial charge in [0.2, 0.25) is 0 Å². The molecule has 2 fully saturated rings. The first-order valence-electron chi connectivity index (χ1n) is 6.68. The van der Waals surface area contributed by atoms with E-state index in [0.717, 1.165) is 11.8 Å². The molecule has 2 rings (SSSR count). The van der Waals surface area contributed by atoms with Crippen molar-refractivity contribution in [2.75, 3.05) is 6.61 Å². The number of aliphatic hydroxyl groups is 1. The summed E-state index contributed by atoms with van der Waals surface area (Å²) in [5.74, 6) is 1.81. The van der Waals surface area contributed by atoms with E-state index in [-0.39, 0.29) is 12.6 Å². The Morgan fingerprint density at radius 3 is 2.20 bits per heavy atom. The quantitative estimate of drug-likeness (QED) is 0.731. The first-order chi connectivity index (χ1) is 7.31. The fourth-order valence-electron chi connectivity index (χ4n) is 2.99. The van der Waals surface area contributed by atoms with E-state index in [4.69, 9.17) is 5.11 Å². The third-order valence-electron chi connectivity index (χ3n) is 4.04. The molecule has 0 aromatic rings. The summed E-state index contributed by atoms with van der Waals surface area (Å²) in [5, 5.41) is 12.8. The predicted molar refractivity (Wildman–Crippen MR) is 62.8 cm³/mol. The largest absolute Gasteiger partial charge is 0.395 e. The highest BCUT2D eigenvalue weighted by atomic mass is 16.3. The fraction of sp³-hybridized carbons (Fsp3) is 1.00. The maximum absolute atomic E-state index is 9.12. The molecule has 0 aromatic heterocycles. The number of nitrogens with one attached hydrogen (secondary N) is 1. The number of hydrogen-bond donors (Lipinski definition) is 2. The Hall–Kier alpha value is -0.0800. The van der Waals surface area contributed by atoms with E-state index in [1.165, 1.54) is 44.9 Å². The van der Waals surface area contributed by atoms with Gasteiger partial charge in [0.25, 0.3) is 0 Å². The molecule has 2 aliphatic rings. The van der Waals surface area contributed by atoms with Crippen LogP contribution < -0.4 is 5.32 Å². The van der Waals surface area contributed by atoms with E-state index in [1.54, 1.807) is 0 Å². The van der Waals surface area contributed by atoms with Gasteiger partial charge in [0.1, 0.15) is 0 Å². The van der Waals surface area contributed by atoms with Gasteiger partial charge in [-0.2, -0.15) is 0 Å². The van der Waals surface area contributed by atoms with Crippen LogP contribution in [0, 0.1) is 11.8 Å². The molecule has 2 nitrogen and oxygen atoms in total. The smallest absolute Gasteiger partial charge is 0.0582 e. The summed E-state index contributed by atoms with van der Waals surface area (Å²) in [6.45, 7) is 2.37. The molecule has 0 spiro atoms. The second-order valence-electron chi connectivity index (χ2n) is 5.51. The Labute approximate surface area is 93.5 Å². The molecule has 1 unspecified atom stereocenters. The van der Waals surface area contributed by atoms with Crippen LogP contribution in [0.4, 0.5) is 0 Å². The molecular formula is C13H25NO. The summed E-state index contributed by atoms with van der Waals surface area (Å²) in [5.41, 5.74) is 0. The molecule has 2 saturated carbocycles. The minimum atomic E-state index is 0.274. The molecule has 2 N–H and O–H groups in total. The van der Waals surface area contributed by atoms with Crippen LogP contribution in [0.25, 0.3) is 0 Å². The van der Waals surface area contributed by atoms with E-state index < -0.39 is 0 Å². The summed E-state index contributed by atoms with van der Waals surface area (Å²) in [4.78, 5) is 0. The van der Waals surface area contributed by atoms with Crippen LogP contribution in [0.2, 0.25) is 0 Å². The Bertz CT molecular complexity index is 185. The molecular weight excluding hydrogens is 186 g/mol. The lowest BCUT2D eigenvalue weighted by Crippen LogP contribution is -2.45. The second-order valence-corrected chi connectivity index (χ2v) is 5.51. The van der Waals surface area contributed by atoms with Crippen molar-refractivity contribution >= 4 is 0 Å². The normalized spacial score (nSPS) is 27.6. The Morgan fingerprint density at radius 1 is 1.07 bits per heavy atom. The lowest BCUT2D eigenvalue weighted by atomic mass is 9.81. The summed E-state index contributed by atoms with van der Waals surface area (Å²) in [7, 11) is 0. The van der Waals surface area contributed by atoms with E-state index in [0.29, 0.717) is 6.04 Å². The van der Waals surface area contributed by atoms with Crippen LogP contribution in [-0.4, -0.2) is 23.8 Å². The van der Waals surface area contributed by atoms with Crippen molar-refractivity contribution in [3.8, 4) is 0 Å². The van der Waals surface area contributed by atoms with E-state index in [1.807, 2.05) is 0 Å². The lowest BCUT2D eigenvalue weighted by molar-refractivity contribution is 0.192. The van der Waals surface area contributed by atoms with Crippen molar-refractivity contribution in [2.24, 2.45) is 11.8 Å². The van der Waals surface area contributed by atoms with Crippen molar-refractivity contribution in [3.05, 3.63) is 0 Å². The topological polar surface area (TPSA) is 32.3 Å². The van der Waals surface area contributed by atoms with Crippen molar-refractivity contribution in [1.82, 2.24) is 5.32 Å². The lowest BCUT2D eigenvalue weighted by Gasteiger charge is -2.33. The summed E-state index contributed by atoms with van der Waals surface area (Å²) in [6.07, 6.45) is 9.91. The van der Waals surface area contributed by atoms with Gasteiger partial charge in [-0.25, -0.2) is 0 Å². The summed E-state index contributed by atoms with van der Waals surface area (Å²) < 4.78 is 0. The molecule has 0 saturated heterocycles. The fourth-order valence-corrected chi connectivity index (χ4v) is 2.99. The standard InChI is InChI=1S/C13H25NO/c1-10(9-15)14-13(12-7-8-12)11-5-3-2-4-6-11/h10-15H,2-9H2,1H3/t10-,13?/m1/s1. The van der Waals surface area contributed by atoms with Crippen molar-refractivity contribution in [1.29, 1.82) is 0 Å². The number of aliphatic hydroxyl groups excluding tert-OH is 1. The van der Waals surface area contributed by atoms with Gasteiger partial charge in [-0.05, 0) is 44.4 Å². The minimum absolute atomic E-state index is 0.274. The molecule has 15 heavy (non-hydrogen) atoms. The van der Waals surface area contributed by atoms with Crippen molar-refractivity contribution in [2.45, 2.75) is 64.0 Å². The molecule has 0 bridgehead atoms. The molecule has 88 valence electrons. The van der Waals surface area contributed by atoms with E-state index in [2.05, 4.69) is 12.2 Å². The second kappa shape index (κ2) is 5.31. The number of hydrogen-bond acceptors (Lipinski definition) is 2. The van der Waals surface area contributed by atoms with Gasteiger partial charge >= 0.3 is 0 Å². The van der Waals surface area contributed by atoms with Crippen molar-refractivity contribution < 1.29 is 5.11 Å². The summed E-state index contributed by atoms with van der Waals surface area (Å²) in [6, 6.07) is 0.977. The van der Waals surface area contributed by atoms with Gasteiger partial charge in [-0.15, -0.1) is 0 Å². The highest BCUT2D eigenvalue weighted by Gasteiger charge is 2.37. The van der Waals surface area contributed by atoms with Gasteiger partial charge in [0, 0.05) is 12.1 Å². The Balaban J connectivity index is 1.86. The highest BCUT2D eigenvalue weighted by molar-refractivity contribution is 4.92. The third kappa shape index (κ3) is 3.18. The van der Waals surface area contributed by atoms with Crippen LogP contribution in [0.1, 0.15) is 51.9 Å². The van der Waals surface area contributed by atoms with Crippen LogP contribution in [0.5, 0.6) is 0 Å². The predicted octanol–water partition coefficient (Wildman–Crippen LogP) is 2.32. The molecule has 2 heteroatoms. The Kier molecular flexibility index (Phi) is 4.04. The van der Waals surface area contributed by atoms with Gasteiger partial charge in [-0.3, -0.25) is 0 Å². The van der Waals surface area contributed by atoms with E-state index >= 15 is 0 Å². The molecule has 0 heterocycles. The average Bonchev–Trinajstić information content (AvgIpc) is 3.10. The number of rotatable bonds is 5. The average molecular weight is 211 g/mol. The molecule has 2 atom stereocenters. The Morgan fingerprint density at radius 2 is 1.67 bits per heavy atom. The van der Waals surface area contributed by atoms with Gasteiger partial charge in [0.15, 0.2) is 0 Å². The zero-order valence-electron chi connectivity index (χ0n) is 9.91. The van der Waals surface area contributed by atoms with Gasteiger partial charge < -0.3 is 10.4 Å². The first-order valence-corrected chi connectivity index (χ1v) is 6.68. The van der Waals surface area contributed by atoms with Crippen LogP contribution in [-0.2, 0) is 0 Å². The first kappa shape index (κ1) is 11.4. The van der Waals surface area contributed by atoms with Crippen molar-refractivity contribution in [3.63, 3.8) is 0 Å². The van der Waals surface area contributed by atoms with Crippen LogP contribution in [0.3, 0.4) is 0 Å². The van der Waals surface area contributed by atoms with Crippen LogP contribution in [0.15, 0.2) is 0 Å². The maximum atomic E-state index is 9.12. The maximum Gasteiger partial charge on any atom is 0.0582 e. The minimum Gasteiger partial charge on any atom is -0.395 e. The molecule has 2 aliphatic carbocycles.